The van der Waals surface area contributed by atoms with E-state index in [2.05, 4.69) is 20.3 Å². The molecule has 0 aromatic carbocycles. The van der Waals surface area contributed by atoms with Crippen LogP contribution in [0, 0.1) is 6.92 Å². The molecule has 0 amide bonds. The molecule has 11 heavy (non-hydrogen) atoms. The maximum atomic E-state index is 5.28. The maximum Gasteiger partial charge on any atom is 0.121 e. The number of nitrogens with one attached hydrogen (secondary N) is 1. The lowest BCUT2D eigenvalue weighted by Crippen LogP contribution is -2.22. The maximum absolute atomic E-state index is 5.28. The number of nitrogens with zero attached hydrogens (tertiary/aromatic N) is 2. The van der Waals surface area contributed by atoms with Crippen molar-refractivity contribution < 1.29 is 4.63 Å². The molecule has 0 atom stereocenters. The molecule has 0 spiro atoms. The van der Waals surface area contributed by atoms with Crippen LogP contribution in [0.1, 0.15) is 11.4 Å². The Balaban J connectivity index is 2.32. The van der Waals surface area contributed by atoms with Crippen molar-refractivity contribution in [2.45, 2.75) is 13.5 Å². The molecule has 1 aromatic rings. The van der Waals surface area contributed by atoms with Gasteiger partial charge in [-0.15, -0.1) is 0 Å². The van der Waals surface area contributed by atoms with E-state index in [0.717, 1.165) is 17.9 Å². The Labute approximate surface area is 64.9 Å². The van der Waals surface area contributed by atoms with Gasteiger partial charge in [-0.05, 0) is 6.92 Å². The van der Waals surface area contributed by atoms with E-state index in [0.29, 0.717) is 13.1 Å². The molecule has 0 radical (unpaired) electrons. The fourth-order valence-corrected chi connectivity index (χ4v) is 0.719. The molecular formula is C6H12N4O. The number of hydrogen-bond acceptors (Lipinski definition) is 5. The lowest BCUT2D eigenvalue weighted by atomic mass is 10.3. The van der Waals surface area contributed by atoms with Crippen LogP contribution in [0.25, 0.3) is 0 Å². The normalized spacial score (nSPS) is 10.4. The summed E-state index contributed by atoms with van der Waals surface area (Å²) in [7, 11) is 0. The number of aromatic nitrogens is 2. The minimum Gasteiger partial charge on any atom is -0.329 e. The molecule has 0 saturated carbocycles. The highest BCUT2D eigenvalue weighted by Gasteiger charge is 2.02. The summed E-state index contributed by atoms with van der Waals surface area (Å²) in [4.78, 5) is 0. The van der Waals surface area contributed by atoms with Crippen LogP contribution in [0.2, 0.25) is 0 Å². The Morgan fingerprint density at radius 3 is 2.91 bits per heavy atom. The topological polar surface area (TPSA) is 77.0 Å². The van der Waals surface area contributed by atoms with Gasteiger partial charge in [0, 0.05) is 19.6 Å². The molecule has 1 rings (SSSR count). The second-order valence-electron chi connectivity index (χ2n) is 2.26. The van der Waals surface area contributed by atoms with Crippen molar-refractivity contribution in [2.75, 3.05) is 13.1 Å². The molecule has 0 fully saturated rings. The first kappa shape index (κ1) is 8.16. The van der Waals surface area contributed by atoms with Gasteiger partial charge in [0.2, 0.25) is 0 Å². The smallest absolute Gasteiger partial charge is 0.121 e. The predicted octanol–water partition coefficient (Wildman–Crippen LogP) is -0.574. The van der Waals surface area contributed by atoms with Crippen molar-refractivity contribution in [1.29, 1.82) is 0 Å². The lowest BCUT2D eigenvalue weighted by Gasteiger charge is -1.97. The Bertz CT molecular complexity index is 210. The van der Waals surface area contributed by atoms with Crippen molar-refractivity contribution in [3.05, 3.63) is 11.4 Å². The molecule has 62 valence electrons. The summed E-state index contributed by atoms with van der Waals surface area (Å²) in [5.74, 6) is 0. The largest absolute Gasteiger partial charge is 0.329 e. The molecular weight excluding hydrogens is 144 g/mol. The van der Waals surface area contributed by atoms with Gasteiger partial charge < -0.3 is 11.1 Å². The van der Waals surface area contributed by atoms with Gasteiger partial charge in [-0.1, -0.05) is 10.3 Å². The lowest BCUT2D eigenvalue weighted by molar-refractivity contribution is 0.300. The second kappa shape index (κ2) is 4.05. The highest BCUT2D eigenvalue weighted by molar-refractivity contribution is 5.03. The van der Waals surface area contributed by atoms with E-state index in [1.807, 2.05) is 6.92 Å². The van der Waals surface area contributed by atoms with Crippen LogP contribution in [0.15, 0.2) is 4.63 Å². The van der Waals surface area contributed by atoms with Crippen LogP contribution in [0.4, 0.5) is 0 Å². The minimum atomic E-state index is 0.629. The average Bonchev–Trinajstić information content (AvgIpc) is 2.37. The fraction of sp³-hybridized carbons (Fsp3) is 0.667. The van der Waals surface area contributed by atoms with Crippen LogP contribution >= 0.6 is 0 Å². The quantitative estimate of drug-likeness (QED) is 0.571. The van der Waals surface area contributed by atoms with Gasteiger partial charge in [-0.3, -0.25) is 0 Å². The monoisotopic (exact) mass is 156 g/mol. The van der Waals surface area contributed by atoms with Crippen molar-refractivity contribution in [1.82, 2.24) is 15.6 Å². The number of aryl methyl sites for hydroxylation is 1. The zero-order valence-electron chi connectivity index (χ0n) is 6.50. The molecule has 3 N–H and O–H groups in total. The third-order valence-electron chi connectivity index (χ3n) is 1.36. The van der Waals surface area contributed by atoms with Gasteiger partial charge in [0.25, 0.3) is 0 Å². The molecule has 5 nitrogen and oxygen atoms in total. The fourth-order valence-electron chi connectivity index (χ4n) is 0.719. The summed E-state index contributed by atoms with van der Waals surface area (Å²) in [5.41, 5.74) is 6.96. The molecule has 0 aliphatic heterocycles. The first-order valence-electron chi connectivity index (χ1n) is 3.53. The van der Waals surface area contributed by atoms with Crippen molar-refractivity contribution >= 4 is 0 Å². The van der Waals surface area contributed by atoms with Gasteiger partial charge >= 0.3 is 0 Å². The Morgan fingerprint density at radius 1 is 1.55 bits per heavy atom. The van der Waals surface area contributed by atoms with Gasteiger partial charge in [-0.25, -0.2) is 4.63 Å². The van der Waals surface area contributed by atoms with Gasteiger partial charge in [-0.2, -0.15) is 0 Å². The van der Waals surface area contributed by atoms with Crippen LogP contribution in [-0.2, 0) is 6.54 Å². The van der Waals surface area contributed by atoms with Crippen LogP contribution in [0.5, 0.6) is 0 Å². The molecule has 1 heterocycles. The summed E-state index contributed by atoms with van der Waals surface area (Å²) in [6.45, 7) is 3.94. The molecule has 0 unspecified atom stereocenters. The summed E-state index contributed by atoms with van der Waals surface area (Å²) >= 11 is 0. The number of rotatable bonds is 4. The third kappa shape index (κ3) is 2.28. The summed E-state index contributed by atoms with van der Waals surface area (Å²) in [6.07, 6.45) is 0. The Morgan fingerprint density at radius 2 is 2.36 bits per heavy atom. The molecule has 0 bridgehead atoms. The number of nitrogens with two attached hydrogens (primary N) is 1. The Kier molecular flexibility index (Phi) is 3.00. The molecule has 0 aliphatic rings. The zero-order valence-corrected chi connectivity index (χ0v) is 6.50. The van der Waals surface area contributed by atoms with E-state index in [9.17, 15) is 0 Å². The SMILES string of the molecule is Cc1nonc1CNCCN. The van der Waals surface area contributed by atoms with E-state index in [-0.39, 0.29) is 0 Å². The number of hydrogen-bond donors (Lipinski definition) is 2. The Hall–Kier alpha value is -0.940. The van der Waals surface area contributed by atoms with Gasteiger partial charge in [0.1, 0.15) is 11.4 Å². The van der Waals surface area contributed by atoms with Crippen LogP contribution in [0.3, 0.4) is 0 Å². The summed E-state index contributed by atoms with van der Waals surface area (Å²) in [5, 5.41) is 10.4. The van der Waals surface area contributed by atoms with Crippen molar-refractivity contribution in [3.8, 4) is 0 Å². The minimum absolute atomic E-state index is 0.629. The van der Waals surface area contributed by atoms with Crippen molar-refractivity contribution in [2.24, 2.45) is 5.73 Å². The molecule has 0 saturated heterocycles. The second-order valence-corrected chi connectivity index (χ2v) is 2.26. The van der Waals surface area contributed by atoms with E-state index >= 15 is 0 Å². The highest BCUT2D eigenvalue weighted by Crippen LogP contribution is 1.98. The average molecular weight is 156 g/mol. The zero-order chi connectivity index (χ0) is 8.10. The van der Waals surface area contributed by atoms with Gasteiger partial charge in [0.15, 0.2) is 0 Å². The van der Waals surface area contributed by atoms with Crippen LogP contribution < -0.4 is 11.1 Å². The first-order chi connectivity index (χ1) is 5.34. The van der Waals surface area contributed by atoms with E-state index in [1.54, 1.807) is 0 Å². The van der Waals surface area contributed by atoms with Gasteiger partial charge in [0.05, 0.1) is 0 Å². The van der Waals surface area contributed by atoms with E-state index in [4.69, 9.17) is 5.73 Å². The van der Waals surface area contributed by atoms with E-state index in [1.165, 1.54) is 0 Å². The molecule has 1 aromatic heterocycles. The van der Waals surface area contributed by atoms with Crippen LogP contribution in [-0.4, -0.2) is 23.4 Å². The highest BCUT2D eigenvalue weighted by atomic mass is 16.6. The summed E-state index contributed by atoms with van der Waals surface area (Å²) in [6, 6.07) is 0. The first-order valence-corrected chi connectivity index (χ1v) is 3.53. The third-order valence-corrected chi connectivity index (χ3v) is 1.36. The summed E-state index contributed by atoms with van der Waals surface area (Å²) < 4.78 is 4.50. The molecule has 5 heteroatoms. The predicted molar refractivity (Wildman–Crippen MR) is 39.8 cm³/mol. The van der Waals surface area contributed by atoms with Crippen molar-refractivity contribution in [3.63, 3.8) is 0 Å². The molecule has 0 aliphatic carbocycles. The van der Waals surface area contributed by atoms with E-state index < -0.39 is 0 Å². The standard InChI is InChI=1S/C6H12N4O/c1-5-6(10-11-9-5)4-8-3-2-7/h8H,2-4,7H2,1H3.